The van der Waals surface area contributed by atoms with Crippen LogP contribution in [0.2, 0.25) is 0 Å². The highest BCUT2D eigenvalue weighted by molar-refractivity contribution is 7.85. The zero-order valence-corrected chi connectivity index (χ0v) is 11.7. The Labute approximate surface area is 112 Å². The van der Waals surface area contributed by atoms with E-state index in [1.54, 1.807) is 18.3 Å². The second-order valence-corrected chi connectivity index (χ2v) is 6.43. The minimum atomic E-state index is -3.45. The van der Waals surface area contributed by atoms with Crippen LogP contribution >= 0.6 is 0 Å². The third-order valence-electron chi connectivity index (χ3n) is 2.92. The van der Waals surface area contributed by atoms with Crippen LogP contribution in [0.1, 0.15) is 31.0 Å². The van der Waals surface area contributed by atoms with E-state index < -0.39 is 10.1 Å². The van der Waals surface area contributed by atoms with Gasteiger partial charge >= 0.3 is 0 Å². The first kappa shape index (κ1) is 14.0. The molecule has 1 fully saturated rings. The number of amides is 1. The van der Waals surface area contributed by atoms with E-state index in [2.05, 4.69) is 14.5 Å². The van der Waals surface area contributed by atoms with Gasteiger partial charge in [0.15, 0.2) is 0 Å². The standard InChI is InChI=1S/C12H16N2O4S/c1-9(15)14-12(5-6-12)11-4-3-10(7-13-11)8-18-19(2,16)17/h3-4,7H,5-6,8H2,1-2H3,(H,14,15). The van der Waals surface area contributed by atoms with Crippen LogP contribution in [0.5, 0.6) is 0 Å². The number of pyridine rings is 1. The molecule has 1 aliphatic carbocycles. The average Bonchev–Trinajstić information content (AvgIpc) is 3.06. The molecule has 1 N–H and O–H groups in total. The van der Waals surface area contributed by atoms with Crippen molar-refractivity contribution < 1.29 is 17.4 Å². The van der Waals surface area contributed by atoms with Crippen molar-refractivity contribution in [1.29, 1.82) is 0 Å². The van der Waals surface area contributed by atoms with Crippen LogP contribution in [0.25, 0.3) is 0 Å². The van der Waals surface area contributed by atoms with Crippen molar-refractivity contribution in [1.82, 2.24) is 10.3 Å². The van der Waals surface area contributed by atoms with Crippen LogP contribution < -0.4 is 5.32 Å². The van der Waals surface area contributed by atoms with Crippen LogP contribution in [0.15, 0.2) is 18.3 Å². The van der Waals surface area contributed by atoms with Crippen molar-refractivity contribution in [2.24, 2.45) is 0 Å². The molecule has 0 spiro atoms. The van der Waals surface area contributed by atoms with Crippen molar-refractivity contribution in [2.45, 2.75) is 31.9 Å². The minimum absolute atomic E-state index is 0.0285. The predicted octanol–water partition coefficient (Wildman–Crippen LogP) is 0.683. The van der Waals surface area contributed by atoms with E-state index in [-0.39, 0.29) is 18.1 Å². The third-order valence-corrected chi connectivity index (χ3v) is 3.47. The zero-order chi connectivity index (χ0) is 14.1. The number of nitrogens with zero attached hydrogens (tertiary/aromatic N) is 1. The van der Waals surface area contributed by atoms with Gasteiger partial charge in [0, 0.05) is 13.1 Å². The Kier molecular flexibility index (Phi) is 3.60. The summed E-state index contributed by atoms with van der Waals surface area (Å²) in [6.45, 7) is 1.45. The van der Waals surface area contributed by atoms with Gasteiger partial charge in [-0.1, -0.05) is 6.07 Å². The molecule has 1 heterocycles. The molecule has 1 aromatic heterocycles. The summed E-state index contributed by atoms with van der Waals surface area (Å²) >= 11 is 0. The smallest absolute Gasteiger partial charge is 0.264 e. The number of nitrogens with one attached hydrogen (secondary N) is 1. The lowest BCUT2D eigenvalue weighted by molar-refractivity contribution is -0.120. The number of aromatic nitrogens is 1. The molecule has 1 saturated carbocycles. The lowest BCUT2D eigenvalue weighted by Gasteiger charge is -2.15. The first-order valence-corrected chi connectivity index (χ1v) is 7.71. The summed E-state index contributed by atoms with van der Waals surface area (Å²) in [6.07, 6.45) is 4.32. The summed E-state index contributed by atoms with van der Waals surface area (Å²) in [4.78, 5) is 15.4. The molecule has 2 rings (SSSR count). The zero-order valence-electron chi connectivity index (χ0n) is 10.8. The molecule has 0 bridgehead atoms. The Balaban J connectivity index is 2.05. The lowest BCUT2D eigenvalue weighted by atomic mass is 10.1. The Morgan fingerprint density at radius 2 is 2.16 bits per heavy atom. The highest BCUT2D eigenvalue weighted by Gasteiger charge is 2.46. The number of rotatable bonds is 5. The van der Waals surface area contributed by atoms with E-state index in [0.29, 0.717) is 5.56 Å². The van der Waals surface area contributed by atoms with Gasteiger partial charge in [0.05, 0.1) is 24.1 Å². The summed E-state index contributed by atoms with van der Waals surface area (Å²) in [5.41, 5.74) is 1.14. The molecule has 19 heavy (non-hydrogen) atoms. The Morgan fingerprint density at radius 1 is 1.47 bits per heavy atom. The Hall–Kier alpha value is -1.47. The molecule has 104 valence electrons. The van der Waals surface area contributed by atoms with Crippen molar-refractivity contribution in [2.75, 3.05) is 6.26 Å². The maximum atomic E-state index is 11.1. The molecule has 6 nitrogen and oxygen atoms in total. The molecule has 1 aliphatic rings. The van der Waals surface area contributed by atoms with E-state index in [1.807, 2.05) is 0 Å². The fourth-order valence-corrected chi connectivity index (χ4v) is 2.23. The molecule has 0 aliphatic heterocycles. The molecule has 7 heteroatoms. The molecule has 0 aromatic carbocycles. The molecule has 0 radical (unpaired) electrons. The summed E-state index contributed by atoms with van der Waals surface area (Å²) in [5, 5.41) is 2.89. The highest BCUT2D eigenvalue weighted by atomic mass is 32.2. The lowest BCUT2D eigenvalue weighted by Crippen LogP contribution is -2.33. The quantitative estimate of drug-likeness (QED) is 0.804. The topological polar surface area (TPSA) is 85.4 Å². The van der Waals surface area contributed by atoms with Crippen LogP contribution in [-0.4, -0.2) is 25.6 Å². The number of carbonyl (C=O) groups excluding carboxylic acids is 1. The van der Waals surface area contributed by atoms with Crippen LogP contribution in [0.4, 0.5) is 0 Å². The predicted molar refractivity (Wildman–Crippen MR) is 68.6 cm³/mol. The van der Waals surface area contributed by atoms with Gasteiger partial charge in [-0.2, -0.15) is 8.42 Å². The number of carbonyl (C=O) groups is 1. The number of hydrogen-bond donors (Lipinski definition) is 1. The summed E-state index contributed by atoms with van der Waals surface area (Å²) in [7, 11) is -3.45. The fraction of sp³-hybridized carbons (Fsp3) is 0.500. The summed E-state index contributed by atoms with van der Waals surface area (Å²) in [6, 6.07) is 3.55. The van der Waals surface area contributed by atoms with Gasteiger partial charge in [0.1, 0.15) is 0 Å². The van der Waals surface area contributed by atoms with E-state index in [9.17, 15) is 13.2 Å². The maximum Gasteiger partial charge on any atom is 0.264 e. The molecule has 1 aromatic rings. The SMILES string of the molecule is CC(=O)NC1(c2ccc(COS(C)(=O)=O)cn2)CC1. The first-order valence-electron chi connectivity index (χ1n) is 5.89. The fourth-order valence-electron chi connectivity index (χ4n) is 1.88. The molecule has 0 saturated heterocycles. The summed E-state index contributed by atoms with van der Waals surface area (Å²) in [5.74, 6) is -0.0798. The molecule has 1 amide bonds. The second-order valence-electron chi connectivity index (χ2n) is 4.78. The Bertz CT molecular complexity index is 576. The maximum absolute atomic E-state index is 11.1. The average molecular weight is 284 g/mol. The number of hydrogen-bond acceptors (Lipinski definition) is 5. The normalized spacial score (nSPS) is 16.9. The van der Waals surface area contributed by atoms with Crippen LogP contribution in [0.3, 0.4) is 0 Å². The summed E-state index contributed by atoms with van der Waals surface area (Å²) < 4.78 is 26.4. The van der Waals surface area contributed by atoms with Gasteiger partial charge in [0.2, 0.25) is 5.91 Å². The van der Waals surface area contributed by atoms with Gasteiger partial charge in [-0.15, -0.1) is 0 Å². The van der Waals surface area contributed by atoms with E-state index in [1.165, 1.54) is 6.92 Å². The molecule has 0 unspecified atom stereocenters. The van der Waals surface area contributed by atoms with Crippen molar-refractivity contribution in [3.63, 3.8) is 0 Å². The van der Waals surface area contributed by atoms with Crippen LogP contribution in [0, 0.1) is 0 Å². The first-order chi connectivity index (χ1) is 8.81. The minimum Gasteiger partial charge on any atom is -0.345 e. The van der Waals surface area contributed by atoms with E-state index in [0.717, 1.165) is 24.8 Å². The monoisotopic (exact) mass is 284 g/mol. The highest BCUT2D eigenvalue weighted by Crippen LogP contribution is 2.44. The largest absolute Gasteiger partial charge is 0.345 e. The van der Waals surface area contributed by atoms with Crippen molar-refractivity contribution in [3.8, 4) is 0 Å². The van der Waals surface area contributed by atoms with Gasteiger partial charge in [-0.3, -0.25) is 14.0 Å². The van der Waals surface area contributed by atoms with Gasteiger partial charge in [-0.25, -0.2) is 0 Å². The molecular formula is C12H16N2O4S. The Morgan fingerprint density at radius 3 is 2.58 bits per heavy atom. The van der Waals surface area contributed by atoms with Gasteiger partial charge < -0.3 is 5.32 Å². The van der Waals surface area contributed by atoms with E-state index >= 15 is 0 Å². The molecule has 0 atom stereocenters. The second kappa shape index (κ2) is 4.90. The van der Waals surface area contributed by atoms with Crippen molar-refractivity contribution in [3.05, 3.63) is 29.6 Å². The van der Waals surface area contributed by atoms with Gasteiger partial charge in [-0.05, 0) is 24.5 Å². The van der Waals surface area contributed by atoms with Crippen LogP contribution in [-0.2, 0) is 31.2 Å². The van der Waals surface area contributed by atoms with Crippen molar-refractivity contribution >= 4 is 16.0 Å². The molecular weight excluding hydrogens is 268 g/mol. The van der Waals surface area contributed by atoms with Gasteiger partial charge in [0.25, 0.3) is 10.1 Å². The van der Waals surface area contributed by atoms with E-state index in [4.69, 9.17) is 0 Å². The third kappa shape index (κ3) is 3.74.